The average Bonchev–Trinajstić information content (AvgIpc) is 0.935. The van der Waals surface area contributed by atoms with Crippen LogP contribution in [0, 0.1) is 5.92 Å². The standard InChI is InChI=1S/C82H156O17P2/c1-6-10-13-16-19-22-25-28-30-32-36-41-46-51-56-61-66-80(85)93-72-78(99-82(87)68-63-58-53-48-43-38-34-33-35-39-44-49-54-59-64-75(5)9-4)74-97-101(90,91)95-70-76(83)69-94-100(88,89)96-73-77(71-92-79(84)65-60-55-50-45-40-27-24-21-18-15-12-8-3)98-81(86)67-62-57-52-47-42-37-31-29-26-23-20-17-14-11-7-2/h23,26,29,31,75-78,83H,6-22,24-25,27-28,30,32-74H2,1-5H3,(H,88,89)(H,90,91)/b26-23-,31-29-/t75?,76-,77+,78+/m0/s1. The van der Waals surface area contributed by atoms with Crippen molar-refractivity contribution in [3.63, 3.8) is 0 Å². The lowest BCUT2D eigenvalue weighted by Crippen LogP contribution is -2.30. The molecule has 0 spiro atoms. The molecule has 0 saturated carbocycles. The lowest BCUT2D eigenvalue weighted by atomic mass is 9.99. The average molecular weight is 1480 g/mol. The van der Waals surface area contributed by atoms with Gasteiger partial charge >= 0.3 is 39.5 Å². The van der Waals surface area contributed by atoms with E-state index in [9.17, 15) is 43.2 Å². The minimum atomic E-state index is -4.97. The molecule has 0 saturated heterocycles. The zero-order valence-electron chi connectivity index (χ0n) is 65.5. The molecule has 0 aromatic carbocycles. The summed E-state index contributed by atoms with van der Waals surface area (Å²) in [7, 11) is -9.93. The number of allylic oxidation sites excluding steroid dienone is 4. The summed E-state index contributed by atoms with van der Waals surface area (Å²) in [6, 6.07) is 0. The Morgan fingerprint density at radius 1 is 0.317 bits per heavy atom. The smallest absolute Gasteiger partial charge is 0.462 e. The van der Waals surface area contributed by atoms with Crippen molar-refractivity contribution in [3.05, 3.63) is 24.3 Å². The predicted octanol–water partition coefficient (Wildman–Crippen LogP) is 24.4. The molecule has 17 nitrogen and oxygen atoms in total. The molecular weight excluding hydrogens is 1320 g/mol. The summed E-state index contributed by atoms with van der Waals surface area (Å²) >= 11 is 0. The van der Waals surface area contributed by atoms with Gasteiger partial charge in [-0.25, -0.2) is 9.13 Å². The van der Waals surface area contributed by atoms with E-state index >= 15 is 0 Å². The lowest BCUT2D eigenvalue weighted by molar-refractivity contribution is -0.161. The first-order chi connectivity index (χ1) is 49.1. The van der Waals surface area contributed by atoms with Crippen molar-refractivity contribution in [2.45, 2.75) is 432 Å². The SMILES string of the molecule is CCCCCC/C=C\C=C/CCCCCCCC(=O)O[C@H](COC(=O)CCCCCCCCCCCCCC)COP(=O)(O)OC[C@H](O)COP(=O)(O)OC[C@@H](COC(=O)CCCCCCCCCCCCCCCCCC)OC(=O)CCCCCCCCCCCCCCCCC(C)CC. The Morgan fingerprint density at radius 3 is 0.842 bits per heavy atom. The monoisotopic (exact) mass is 1480 g/mol. The number of unbranched alkanes of at least 4 members (excludes halogenated alkanes) is 48. The third-order valence-corrected chi connectivity index (χ3v) is 20.9. The van der Waals surface area contributed by atoms with Gasteiger partial charge < -0.3 is 33.8 Å². The van der Waals surface area contributed by atoms with Crippen LogP contribution in [0.5, 0.6) is 0 Å². The Bertz CT molecular complexity index is 2020. The van der Waals surface area contributed by atoms with Gasteiger partial charge in [-0.2, -0.15) is 0 Å². The van der Waals surface area contributed by atoms with Crippen LogP contribution >= 0.6 is 15.6 Å². The summed E-state index contributed by atoms with van der Waals surface area (Å²) in [5.74, 6) is -1.29. The maximum absolute atomic E-state index is 13.1. The molecule has 0 bridgehead atoms. The van der Waals surface area contributed by atoms with Gasteiger partial charge in [-0.3, -0.25) is 37.3 Å². The molecule has 0 aliphatic heterocycles. The fourth-order valence-electron chi connectivity index (χ4n) is 12.2. The van der Waals surface area contributed by atoms with E-state index in [1.165, 1.54) is 225 Å². The lowest BCUT2D eigenvalue weighted by Gasteiger charge is -2.21. The largest absolute Gasteiger partial charge is 0.472 e. The quantitative estimate of drug-likeness (QED) is 0.0169. The van der Waals surface area contributed by atoms with Crippen LogP contribution in [-0.4, -0.2) is 96.7 Å². The van der Waals surface area contributed by atoms with Gasteiger partial charge in [-0.05, 0) is 57.3 Å². The van der Waals surface area contributed by atoms with E-state index in [2.05, 4.69) is 58.9 Å². The number of hydrogen-bond acceptors (Lipinski definition) is 15. The minimum absolute atomic E-state index is 0.0857. The van der Waals surface area contributed by atoms with Crippen molar-refractivity contribution in [2.75, 3.05) is 39.6 Å². The Labute approximate surface area is 618 Å². The molecule has 596 valence electrons. The van der Waals surface area contributed by atoms with Crippen LogP contribution in [0.1, 0.15) is 413 Å². The molecule has 3 unspecified atom stereocenters. The second kappa shape index (κ2) is 74.4. The zero-order valence-corrected chi connectivity index (χ0v) is 67.3. The van der Waals surface area contributed by atoms with Crippen molar-refractivity contribution in [1.29, 1.82) is 0 Å². The van der Waals surface area contributed by atoms with E-state index in [-0.39, 0.29) is 25.7 Å². The number of carbonyl (C=O) groups is 4. The van der Waals surface area contributed by atoms with Gasteiger partial charge in [0.05, 0.1) is 26.4 Å². The van der Waals surface area contributed by atoms with Crippen molar-refractivity contribution in [1.82, 2.24) is 0 Å². The van der Waals surface area contributed by atoms with E-state index in [4.69, 9.17) is 37.0 Å². The summed E-state index contributed by atoms with van der Waals surface area (Å²) in [6.45, 7) is 7.33. The van der Waals surface area contributed by atoms with Crippen molar-refractivity contribution in [3.8, 4) is 0 Å². The minimum Gasteiger partial charge on any atom is -0.462 e. The summed E-state index contributed by atoms with van der Waals surface area (Å²) in [6.07, 6.45) is 68.6. The zero-order chi connectivity index (χ0) is 74.1. The fraction of sp³-hybridized carbons (Fsp3) is 0.902. The molecule has 0 amide bonds. The fourth-order valence-corrected chi connectivity index (χ4v) is 13.8. The first kappa shape index (κ1) is 98.5. The molecule has 0 aliphatic rings. The molecule has 19 heteroatoms. The number of ether oxygens (including phenoxy) is 4. The van der Waals surface area contributed by atoms with Crippen molar-refractivity contribution >= 4 is 39.5 Å². The Hall–Kier alpha value is -2.46. The molecule has 0 aromatic rings. The van der Waals surface area contributed by atoms with Crippen molar-refractivity contribution < 1.29 is 80.2 Å². The highest BCUT2D eigenvalue weighted by Crippen LogP contribution is 2.45. The van der Waals surface area contributed by atoms with Gasteiger partial charge in [0, 0.05) is 25.7 Å². The van der Waals surface area contributed by atoms with Gasteiger partial charge in [0.1, 0.15) is 19.3 Å². The second-order valence-electron chi connectivity index (χ2n) is 29.1. The molecule has 0 aromatic heterocycles. The van der Waals surface area contributed by atoms with Crippen LogP contribution < -0.4 is 0 Å². The highest BCUT2D eigenvalue weighted by Gasteiger charge is 2.30. The highest BCUT2D eigenvalue weighted by molar-refractivity contribution is 7.47. The van der Waals surface area contributed by atoms with E-state index < -0.39 is 97.5 Å². The maximum atomic E-state index is 13.1. The molecule has 0 radical (unpaired) electrons. The Morgan fingerprint density at radius 2 is 0.554 bits per heavy atom. The van der Waals surface area contributed by atoms with E-state index in [1.807, 2.05) is 0 Å². The molecule has 0 aliphatic carbocycles. The van der Waals surface area contributed by atoms with Gasteiger partial charge in [-0.15, -0.1) is 0 Å². The number of aliphatic hydroxyl groups excluding tert-OH is 1. The topological polar surface area (TPSA) is 237 Å². The second-order valence-corrected chi connectivity index (χ2v) is 32.0. The van der Waals surface area contributed by atoms with Gasteiger partial charge in [0.2, 0.25) is 0 Å². The van der Waals surface area contributed by atoms with Crippen LogP contribution in [0.25, 0.3) is 0 Å². The third kappa shape index (κ3) is 74.2. The van der Waals surface area contributed by atoms with Crippen LogP contribution in [0.4, 0.5) is 0 Å². The van der Waals surface area contributed by atoms with E-state index in [0.29, 0.717) is 25.7 Å². The summed E-state index contributed by atoms with van der Waals surface area (Å²) < 4.78 is 68.7. The van der Waals surface area contributed by atoms with Gasteiger partial charge in [0.15, 0.2) is 12.2 Å². The Balaban J connectivity index is 5.30. The van der Waals surface area contributed by atoms with Crippen LogP contribution in [0.2, 0.25) is 0 Å². The number of carbonyl (C=O) groups excluding carboxylic acids is 4. The molecular formula is C82H156O17P2. The summed E-state index contributed by atoms with van der Waals surface area (Å²) in [4.78, 5) is 73.1. The third-order valence-electron chi connectivity index (χ3n) is 19.0. The van der Waals surface area contributed by atoms with Crippen LogP contribution in [0.3, 0.4) is 0 Å². The van der Waals surface area contributed by atoms with Crippen molar-refractivity contribution in [2.24, 2.45) is 5.92 Å². The first-order valence-corrected chi connectivity index (χ1v) is 45.0. The first-order valence-electron chi connectivity index (χ1n) is 42.0. The van der Waals surface area contributed by atoms with Crippen LogP contribution in [0.15, 0.2) is 24.3 Å². The number of rotatable bonds is 80. The molecule has 0 heterocycles. The highest BCUT2D eigenvalue weighted by atomic mass is 31.2. The van der Waals surface area contributed by atoms with E-state index in [0.717, 1.165) is 109 Å². The molecule has 6 atom stereocenters. The normalized spacial score (nSPS) is 14.3. The molecule has 101 heavy (non-hydrogen) atoms. The van der Waals surface area contributed by atoms with E-state index in [1.54, 1.807) is 0 Å². The summed E-state index contributed by atoms with van der Waals surface area (Å²) in [5.41, 5.74) is 0. The van der Waals surface area contributed by atoms with Gasteiger partial charge in [-0.1, -0.05) is 361 Å². The molecule has 0 fully saturated rings. The van der Waals surface area contributed by atoms with Gasteiger partial charge in [0.25, 0.3) is 0 Å². The predicted molar refractivity (Wildman–Crippen MR) is 414 cm³/mol. The number of phosphoric acid groups is 2. The number of esters is 4. The maximum Gasteiger partial charge on any atom is 0.472 e. The number of hydrogen-bond donors (Lipinski definition) is 3. The number of aliphatic hydroxyl groups is 1. The number of phosphoric ester groups is 2. The van der Waals surface area contributed by atoms with Crippen LogP contribution in [-0.2, 0) is 65.4 Å². The molecule has 3 N–H and O–H groups in total. The Kier molecular flexibility index (Phi) is 72.6. The summed E-state index contributed by atoms with van der Waals surface area (Å²) in [5, 5.41) is 10.6. The molecule has 0 rings (SSSR count).